The lowest BCUT2D eigenvalue weighted by molar-refractivity contribution is -0.166. The van der Waals surface area contributed by atoms with Crippen molar-refractivity contribution >= 4 is 11.9 Å². The van der Waals surface area contributed by atoms with Crippen LogP contribution in [0.15, 0.2) is 0 Å². The number of ether oxygens (including phenoxy) is 2. The van der Waals surface area contributed by atoms with Crippen LogP contribution in [0, 0.1) is 0 Å². The fourth-order valence-corrected chi connectivity index (χ4v) is 5.92. The summed E-state index contributed by atoms with van der Waals surface area (Å²) in [6.07, 6.45) is 38.2. The van der Waals surface area contributed by atoms with Gasteiger partial charge in [-0.25, -0.2) is 0 Å². The van der Waals surface area contributed by atoms with Gasteiger partial charge in [-0.15, -0.1) is 0 Å². The molecule has 0 aromatic carbocycles. The predicted molar refractivity (Wildman–Crippen MR) is 189 cm³/mol. The first kappa shape index (κ1) is 42.9. The maximum absolute atomic E-state index is 12.2. The van der Waals surface area contributed by atoms with E-state index in [0.717, 1.165) is 25.7 Å². The molecule has 0 aromatic rings. The van der Waals surface area contributed by atoms with Crippen LogP contribution < -0.4 is 5.73 Å². The van der Waals surface area contributed by atoms with Crippen LogP contribution in [0.25, 0.3) is 0 Å². The molecule has 2 atom stereocenters. The third kappa shape index (κ3) is 32.3. The highest BCUT2D eigenvalue weighted by Gasteiger charge is 2.20. The fourth-order valence-electron chi connectivity index (χ4n) is 5.92. The topological polar surface area (TPSA) is 78.6 Å². The number of hydrogen-bond donors (Lipinski definition) is 1. The van der Waals surface area contributed by atoms with E-state index in [9.17, 15) is 9.59 Å². The standard InChI is InChI=1S/C39H77NO4/c1-4-6-8-10-12-14-16-18-20-22-24-26-28-30-32-34-37(41)43-36(3)39(40)44-38(42)35-33-31-29-27-25-23-21-19-17-15-13-11-9-7-5-2/h36,39H,4-35,40H2,1-3H3. The molecule has 0 aliphatic carbocycles. The molecule has 0 saturated carbocycles. The average Bonchev–Trinajstić information content (AvgIpc) is 3.00. The Morgan fingerprint density at radius 3 is 0.909 bits per heavy atom. The third-order valence-corrected chi connectivity index (χ3v) is 9.02. The van der Waals surface area contributed by atoms with Crippen molar-refractivity contribution in [3.05, 3.63) is 0 Å². The number of hydrogen-bond acceptors (Lipinski definition) is 5. The normalized spacial score (nSPS) is 12.7. The van der Waals surface area contributed by atoms with Gasteiger partial charge in [-0.1, -0.05) is 194 Å². The molecule has 262 valence electrons. The van der Waals surface area contributed by atoms with Crippen LogP contribution in [-0.4, -0.2) is 24.3 Å². The zero-order valence-corrected chi connectivity index (χ0v) is 30.0. The van der Waals surface area contributed by atoms with Crippen LogP contribution in [-0.2, 0) is 19.1 Å². The SMILES string of the molecule is CCCCCCCCCCCCCCCCCC(=O)OC(C)C(N)OC(=O)CCCCCCCCCCCCCCCCC. The molecule has 0 amide bonds. The van der Waals surface area contributed by atoms with Gasteiger partial charge >= 0.3 is 11.9 Å². The van der Waals surface area contributed by atoms with Crippen LogP contribution in [0.1, 0.15) is 226 Å². The van der Waals surface area contributed by atoms with E-state index in [1.807, 2.05) is 0 Å². The van der Waals surface area contributed by atoms with E-state index in [4.69, 9.17) is 15.2 Å². The lowest BCUT2D eigenvalue weighted by atomic mass is 10.0. The quantitative estimate of drug-likeness (QED) is 0.0431. The van der Waals surface area contributed by atoms with Crippen molar-refractivity contribution in [2.45, 2.75) is 239 Å². The van der Waals surface area contributed by atoms with Gasteiger partial charge in [0, 0.05) is 12.8 Å². The molecular formula is C39H77NO4. The van der Waals surface area contributed by atoms with Gasteiger partial charge in [0.2, 0.25) is 0 Å². The van der Waals surface area contributed by atoms with Crippen LogP contribution in [0.3, 0.4) is 0 Å². The average molecular weight is 624 g/mol. The highest BCUT2D eigenvalue weighted by molar-refractivity contribution is 5.70. The molecule has 5 heteroatoms. The largest absolute Gasteiger partial charge is 0.457 e. The highest BCUT2D eigenvalue weighted by Crippen LogP contribution is 2.16. The van der Waals surface area contributed by atoms with E-state index in [0.29, 0.717) is 12.8 Å². The van der Waals surface area contributed by atoms with Crippen molar-refractivity contribution in [2.75, 3.05) is 0 Å². The Morgan fingerprint density at radius 2 is 0.636 bits per heavy atom. The minimum atomic E-state index is -0.899. The Hall–Kier alpha value is -1.10. The Kier molecular flexibility index (Phi) is 33.9. The summed E-state index contributed by atoms with van der Waals surface area (Å²) in [5.74, 6) is -0.543. The highest BCUT2D eigenvalue weighted by atomic mass is 16.6. The number of carbonyl (C=O) groups excluding carboxylic acids is 2. The van der Waals surface area contributed by atoms with Crippen LogP contribution >= 0.6 is 0 Å². The molecule has 5 nitrogen and oxygen atoms in total. The first-order chi connectivity index (χ1) is 21.5. The lowest BCUT2D eigenvalue weighted by Crippen LogP contribution is -2.40. The van der Waals surface area contributed by atoms with Gasteiger partial charge in [-0.2, -0.15) is 0 Å². The van der Waals surface area contributed by atoms with E-state index >= 15 is 0 Å². The second-order valence-corrected chi connectivity index (χ2v) is 13.5. The molecule has 0 aromatic heterocycles. The number of rotatable bonds is 35. The summed E-state index contributed by atoms with van der Waals surface area (Å²) in [6.45, 7) is 6.25. The minimum Gasteiger partial charge on any atom is -0.457 e. The van der Waals surface area contributed by atoms with E-state index in [2.05, 4.69) is 13.8 Å². The van der Waals surface area contributed by atoms with Gasteiger partial charge in [-0.3, -0.25) is 15.3 Å². The van der Waals surface area contributed by atoms with Gasteiger partial charge < -0.3 is 9.47 Å². The first-order valence-electron chi connectivity index (χ1n) is 19.7. The number of carbonyl (C=O) groups is 2. The van der Waals surface area contributed by atoms with Crippen LogP contribution in [0.5, 0.6) is 0 Å². The molecule has 0 rings (SSSR count). The summed E-state index contributed by atoms with van der Waals surface area (Å²) in [4.78, 5) is 24.4. The Balaban J connectivity index is 3.51. The van der Waals surface area contributed by atoms with E-state index in [-0.39, 0.29) is 11.9 Å². The summed E-state index contributed by atoms with van der Waals surface area (Å²) in [5.41, 5.74) is 5.99. The predicted octanol–water partition coefficient (Wildman–Crippen LogP) is 12.3. The van der Waals surface area contributed by atoms with E-state index in [1.165, 1.54) is 167 Å². The molecule has 2 unspecified atom stereocenters. The zero-order chi connectivity index (χ0) is 32.4. The number of unbranched alkanes of at least 4 members (excludes halogenated alkanes) is 28. The molecular weight excluding hydrogens is 546 g/mol. The zero-order valence-electron chi connectivity index (χ0n) is 30.0. The molecule has 0 radical (unpaired) electrons. The van der Waals surface area contributed by atoms with Crippen LogP contribution in [0.4, 0.5) is 0 Å². The molecule has 44 heavy (non-hydrogen) atoms. The first-order valence-corrected chi connectivity index (χ1v) is 19.7. The maximum Gasteiger partial charge on any atom is 0.307 e. The summed E-state index contributed by atoms with van der Waals surface area (Å²) in [6, 6.07) is 0. The molecule has 0 aliphatic heterocycles. The van der Waals surface area contributed by atoms with Gasteiger partial charge in [0.25, 0.3) is 0 Å². The van der Waals surface area contributed by atoms with Crippen molar-refractivity contribution in [3.8, 4) is 0 Å². The summed E-state index contributed by atoms with van der Waals surface area (Å²) >= 11 is 0. The second kappa shape index (κ2) is 34.8. The van der Waals surface area contributed by atoms with E-state index in [1.54, 1.807) is 6.92 Å². The van der Waals surface area contributed by atoms with Gasteiger partial charge in [0.05, 0.1) is 0 Å². The molecule has 0 fully saturated rings. The second-order valence-electron chi connectivity index (χ2n) is 13.5. The van der Waals surface area contributed by atoms with Crippen molar-refractivity contribution in [3.63, 3.8) is 0 Å². The molecule has 0 spiro atoms. The Labute approximate surface area is 274 Å². The lowest BCUT2D eigenvalue weighted by Gasteiger charge is -2.20. The summed E-state index contributed by atoms with van der Waals surface area (Å²) in [5, 5.41) is 0. The van der Waals surface area contributed by atoms with Crippen LogP contribution in [0.2, 0.25) is 0 Å². The Bertz CT molecular complexity index is 559. The molecule has 0 heterocycles. The molecule has 0 aliphatic rings. The molecule has 0 saturated heterocycles. The molecule has 0 bridgehead atoms. The fraction of sp³-hybridized carbons (Fsp3) is 0.949. The monoisotopic (exact) mass is 624 g/mol. The smallest absolute Gasteiger partial charge is 0.307 e. The summed E-state index contributed by atoms with van der Waals surface area (Å²) in [7, 11) is 0. The minimum absolute atomic E-state index is 0.249. The van der Waals surface area contributed by atoms with Crippen molar-refractivity contribution < 1.29 is 19.1 Å². The number of nitrogens with two attached hydrogens (primary N) is 1. The van der Waals surface area contributed by atoms with Gasteiger partial charge in [0.15, 0.2) is 6.23 Å². The number of esters is 2. The van der Waals surface area contributed by atoms with Gasteiger partial charge in [-0.05, 0) is 19.8 Å². The molecule has 2 N–H and O–H groups in total. The van der Waals surface area contributed by atoms with Crippen molar-refractivity contribution in [1.29, 1.82) is 0 Å². The van der Waals surface area contributed by atoms with E-state index < -0.39 is 12.3 Å². The summed E-state index contributed by atoms with van der Waals surface area (Å²) < 4.78 is 10.7. The van der Waals surface area contributed by atoms with Crippen molar-refractivity contribution in [1.82, 2.24) is 0 Å². The van der Waals surface area contributed by atoms with Gasteiger partial charge in [0.1, 0.15) is 6.10 Å². The third-order valence-electron chi connectivity index (χ3n) is 9.02. The maximum atomic E-state index is 12.2. The van der Waals surface area contributed by atoms with Crippen molar-refractivity contribution in [2.24, 2.45) is 5.73 Å². The Morgan fingerprint density at radius 1 is 0.409 bits per heavy atom.